The molecule has 0 aliphatic heterocycles. The normalized spacial score (nSPS) is 12.5. The molecular formula is C16H26N2O3. The zero-order valence-corrected chi connectivity index (χ0v) is 13.6. The fourth-order valence-electron chi connectivity index (χ4n) is 1.63. The zero-order valence-electron chi connectivity index (χ0n) is 13.6. The van der Waals surface area contributed by atoms with Gasteiger partial charge in [0.15, 0.2) is 0 Å². The van der Waals surface area contributed by atoms with E-state index < -0.39 is 6.10 Å². The number of carbonyl (C=O) groups is 1. The van der Waals surface area contributed by atoms with Crippen LogP contribution in [0.3, 0.4) is 0 Å². The molecule has 1 heterocycles. The summed E-state index contributed by atoms with van der Waals surface area (Å²) in [5.74, 6) is 0.836. The van der Waals surface area contributed by atoms with E-state index in [4.69, 9.17) is 9.47 Å². The van der Waals surface area contributed by atoms with Gasteiger partial charge in [0.2, 0.25) is 11.8 Å². The summed E-state index contributed by atoms with van der Waals surface area (Å²) >= 11 is 0. The first kappa shape index (κ1) is 17.4. The maximum Gasteiger partial charge on any atom is 0.249 e. The van der Waals surface area contributed by atoms with Crippen molar-refractivity contribution < 1.29 is 14.3 Å². The lowest BCUT2D eigenvalue weighted by Gasteiger charge is -2.16. The van der Waals surface area contributed by atoms with Crippen LogP contribution in [0.2, 0.25) is 0 Å². The highest BCUT2D eigenvalue weighted by molar-refractivity contribution is 5.80. The fourth-order valence-corrected chi connectivity index (χ4v) is 1.63. The third-order valence-electron chi connectivity index (χ3n) is 2.70. The minimum atomic E-state index is -0.460. The minimum absolute atomic E-state index is 0.0441. The van der Waals surface area contributed by atoms with Gasteiger partial charge in [0.1, 0.15) is 6.10 Å². The number of aromatic nitrogens is 1. The van der Waals surface area contributed by atoms with Crippen molar-refractivity contribution in [1.82, 2.24) is 10.3 Å². The lowest BCUT2D eigenvalue weighted by molar-refractivity contribution is -0.132. The van der Waals surface area contributed by atoms with Gasteiger partial charge >= 0.3 is 0 Å². The molecule has 1 N–H and O–H groups in total. The van der Waals surface area contributed by atoms with Gasteiger partial charge < -0.3 is 14.8 Å². The summed E-state index contributed by atoms with van der Waals surface area (Å²) in [5, 5.41) is 2.85. The predicted molar refractivity (Wildman–Crippen MR) is 82.1 cm³/mol. The molecular weight excluding hydrogens is 268 g/mol. The topological polar surface area (TPSA) is 60.5 Å². The van der Waals surface area contributed by atoms with Crippen LogP contribution in [0.25, 0.3) is 0 Å². The van der Waals surface area contributed by atoms with Gasteiger partial charge in [-0.3, -0.25) is 4.79 Å². The lowest BCUT2D eigenvalue weighted by Crippen LogP contribution is -2.35. The SMILES string of the molecule is CC(C)CO[C@H](C)C(=O)NCc1cccnc1OC(C)C. The van der Waals surface area contributed by atoms with E-state index in [1.165, 1.54) is 0 Å². The average molecular weight is 294 g/mol. The summed E-state index contributed by atoms with van der Waals surface area (Å²) in [6.07, 6.45) is 1.26. The summed E-state index contributed by atoms with van der Waals surface area (Å²) in [6, 6.07) is 3.72. The van der Waals surface area contributed by atoms with E-state index >= 15 is 0 Å². The first-order valence-electron chi connectivity index (χ1n) is 7.40. The van der Waals surface area contributed by atoms with Crippen molar-refractivity contribution >= 4 is 5.91 Å². The Labute approximate surface area is 127 Å². The third-order valence-corrected chi connectivity index (χ3v) is 2.70. The van der Waals surface area contributed by atoms with Crippen molar-refractivity contribution in [2.75, 3.05) is 6.61 Å². The van der Waals surface area contributed by atoms with Crippen LogP contribution in [-0.2, 0) is 16.1 Å². The number of ether oxygens (including phenoxy) is 2. The van der Waals surface area contributed by atoms with Crippen molar-refractivity contribution in [2.24, 2.45) is 5.92 Å². The van der Waals surface area contributed by atoms with E-state index in [1.54, 1.807) is 13.1 Å². The van der Waals surface area contributed by atoms with Gasteiger partial charge in [-0.2, -0.15) is 0 Å². The highest BCUT2D eigenvalue weighted by Crippen LogP contribution is 2.15. The van der Waals surface area contributed by atoms with Crippen molar-refractivity contribution in [3.63, 3.8) is 0 Å². The lowest BCUT2D eigenvalue weighted by atomic mass is 10.2. The highest BCUT2D eigenvalue weighted by Gasteiger charge is 2.15. The Balaban J connectivity index is 2.52. The molecule has 0 radical (unpaired) electrons. The maximum atomic E-state index is 12.0. The van der Waals surface area contributed by atoms with E-state index in [2.05, 4.69) is 24.1 Å². The van der Waals surface area contributed by atoms with Gasteiger partial charge in [-0.15, -0.1) is 0 Å². The standard InChI is InChI=1S/C16H26N2O3/c1-11(2)10-20-13(5)15(19)18-9-14-7-6-8-17-16(14)21-12(3)4/h6-8,11-13H,9-10H2,1-5H3,(H,18,19)/t13-/m1/s1. The van der Waals surface area contributed by atoms with E-state index in [0.717, 1.165) is 5.56 Å². The van der Waals surface area contributed by atoms with Crippen LogP contribution < -0.4 is 10.1 Å². The molecule has 118 valence electrons. The number of nitrogens with zero attached hydrogens (tertiary/aromatic N) is 1. The molecule has 0 fully saturated rings. The van der Waals surface area contributed by atoms with Crippen LogP contribution in [0, 0.1) is 5.92 Å². The van der Waals surface area contributed by atoms with Crippen LogP contribution in [0.1, 0.15) is 40.2 Å². The fraction of sp³-hybridized carbons (Fsp3) is 0.625. The molecule has 0 bridgehead atoms. The predicted octanol–water partition coefficient (Wildman–Crippen LogP) is 2.55. The van der Waals surface area contributed by atoms with Crippen LogP contribution in [0.15, 0.2) is 18.3 Å². The van der Waals surface area contributed by atoms with Gasteiger partial charge in [0, 0.05) is 24.9 Å². The molecule has 5 nitrogen and oxygen atoms in total. The van der Waals surface area contributed by atoms with Crippen LogP contribution in [0.5, 0.6) is 5.88 Å². The number of carbonyl (C=O) groups excluding carboxylic acids is 1. The smallest absolute Gasteiger partial charge is 0.249 e. The number of hydrogen-bond acceptors (Lipinski definition) is 4. The van der Waals surface area contributed by atoms with Crippen LogP contribution >= 0.6 is 0 Å². The van der Waals surface area contributed by atoms with Gasteiger partial charge in [0.05, 0.1) is 6.10 Å². The second-order valence-electron chi connectivity index (χ2n) is 5.72. The largest absolute Gasteiger partial charge is 0.475 e. The van der Waals surface area contributed by atoms with Gasteiger partial charge in [-0.25, -0.2) is 4.98 Å². The van der Waals surface area contributed by atoms with Crippen molar-refractivity contribution in [1.29, 1.82) is 0 Å². The third kappa shape index (κ3) is 6.58. The number of pyridine rings is 1. The molecule has 1 aromatic rings. The van der Waals surface area contributed by atoms with Crippen LogP contribution in [0.4, 0.5) is 0 Å². The summed E-state index contributed by atoms with van der Waals surface area (Å²) in [6.45, 7) is 10.7. The molecule has 0 aliphatic rings. The van der Waals surface area contributed by atoms with Crippen molar-refractivity contribution in [3.05, 3.63) is 23.9 Å². The molecule has 0 saturated heterocycles. The number of hydrogen-bond donors (Lipinski definition) is 1. The molecule has 0 spiro atoms. The van der Waals surface area contributed by atoms with Gasteiger partial charge in [-0.05, 0) is 32.8 Å². The molecule has 1 aromatic heterocycles. The Morgan fingerprint density at radius 1 is 1.29 bits per heavy atom. The zero-order chi connectivity index (χ0) is 15.8. The number of nitrogens with one attached hydrogen (secondary N) is 1. The Bertz CT molecular complexity index is 447. The molecule has 21 heavy (non-hydrogen) atoms. The molecule has 0 unspecified atom stereocenters. The van der Waals surface area contributed by atoms with Crippen LogP contribution in [-0.4, -0.2) is 29.7 Å². The minimum Gasteiger partial charge on any atom is -0.475 e. The van der Waals surface area contributed by atoms with E-state index in [9.17, 15) is 4.79 Å². The van der Waals surface area contributed by atoms with Gasteiger partial charge in [-0.1, -0.05) is 19.9 Å². The monoisotopic (exact) mass is 294 g/mol. The highest BCUT2D eigenvalue weighted by atomic mass is 16.5. The van der Waals surface area contributed by atoms with Crippen molar-refractivity contribution in [2.45, 2.75) is 53.4 Å². The van der Waals surface area contributed by atoms with Crippen molar-refractivity contribution in [3.8, 4) is 5.88 Å². The summed E-state index contributed by atoms with van der Waals surface area (Å²) < 4.78 is 11.1. The molecule has 0 aliphatic carbocycles. The second kappa shape index (κ2) is 8.62. The van der Waals surface area contributed by atoms with E-state index in [-0.39, 0.29) is 12.0 Å². The Morgan fingerprint density at radius 2 is 2.00 bits per heavy atom. The Kier molecular flexibility index (Phi) is 7.15. The van der Waals surface area contributed by atoms with E-state index in [1.807, 2.05) is 26.0 Å². The molecule has 1 atom stereocenters. The molecule has 0 saturated carbocycles. The summed E-state index contributed by atoms with van der Waals surface area (Å²) in [7, 11) is 0. The number of amides is 1. The molecule has 1 amide bonds. The second-order valence-corrected chi connectivity index (χ2v) is 5.72. The Hall–Kier alpha value is -1.62. The molecule has 0 aromatic carbocycles. The van der Waals surface area contributed by atoms with Gasteiger partial charge in [0.25, 0.3) is 0 Å². The maximum absolute atomic E-state index is 12.0. The quantitative estimate of drug-likeness (QED) is 0.800. The average Bonchev–Trinajstić information content (AvgIpc) is 2.42. The van der Waals surface area contributed by atoms with E-state index in [0.29, 0.717) is 24.9 Å². The summed E-state index contributed by atoms with van der Waals surface area (Å²) in [4.78, 5) is 16.2. The molecule has 1 rings (SSSR count). The molecule has 5 heteroatoms. The number of rotatable bonds is 8. The first-order chi connectivity index (χ1) is 9.90. The summed E-state index contributed by atoms with van der Waals surface area (Å²) in [5.41, 5.74) is 0.857. The Morgan fingerprint density at radius 3 is 2.62 bits per heavy atom. The first-order valence-corrected chi connectivity index (χ1v) is 7.40.